The molecule has 2 aromatic carbocycles. The van der Waals surface area contributed by atoms with Crippen molar-refractivity contribution in [3.05, 3.63) is 53.1 Å². The molecule has 0 bridgehead atoms. The number of carbonyl (C=O) groups excluding carboxylic acids is 1. The third-order valence-corrected chi connectivity index (χ3v) is 3.41. The lowest BCUT2D eigenvalue weighted by molar-refractivity contribution is 0.0468. The van der Waals surface area contributed by atoms with Crippen molar-refractivity contribution in [2.45, 2.75) is 13.5 Å². The minimum atomic E-state index is -0.483. The standard InChI is InChI=1S/C18H20O5/c1-12-5-7-13(8-6-12)11-23-18(19)14-9-10-15(20-2)17(22-4)16(14)21-3/h5-10H,11H2,1-4H3. The monoisotopic (exact) mass is 316 g/mol. The van der Waals surface area contributed by atoms with Crippen molar-refractivity contribution in [2.75, 3.05) is 21.3 Å². The summed E-state index contributed by atoms with van der Waals surface area (Å²) in [5, 5.41) is 0. The van der Waals surface area contributed by atoms with Crippen LogP contribution in [0.25, 0.3) is 0 Å². The van der Waals surface area contributed by atoms with Crippen molar-refractivity contribution in [1.82, 2.24) is 0 Å². The Morgan fingerprint density at radius 2 is 1.52 bits per heavy atom. The highest BCUT2D eigenvalue weighted by Gasteiger charge is 2.21. The Balaban J connectivity index is 2.20. The van der Waals surface area contributed by atoms with E-state index in [0.717, 1.165) is 11.1 Å². The molecule has 0 atom stereocenters. The number of esters is 1. The van der Waals surface area contributed by atoms with Gasteiger partial charge in [0.2, 0.25) is 5.75 Å². The van der Waals surface area contributed by atoms with Crippen molar-refractivity contribution in [3.8, 4) is 17.2 Å². The molecular weight excluding hydrogens is 296 g/mol. The molecule has 2 aromatic rings. The third-order valence-electron chi connectivity index (χ3n) is 3.41. The fourth-order valence-corrected chi connectivity index (χ4v) is 2.17. The Hall–Kier alpha value is -2.69. The van der Waals surface area contributed by atoms with Crippen LogP contribution in [0.15, 0.2) is 36.4 Å². The summed E-state index contributed by atoms with van der Waals surface area (Å²) in [5.74, 6) is 0.656. The van der Waals surface area contributed by atoms with E-state index in [-0.39, 0.29) is 12.2 Å². The van der Waals surface area contributed by atoms with E-state index in [2.05, 4.69) is 0 Å². The summed E-state index contributed by atoms with van der Waals surface area (Å²) in [5.41, 5.74) is 2.36. The van der Waals surface area contributed by atoms with Gasteiger partial charge in [-0.05, 0) is 24.6 Å². The summed E-state index contributed by atoms with van der Waals surface area (Å²) < 4.78 is 21.1. The summed E-state index contributed by atoms with van der Waals surface area (Å²) in [6.45, 7) is 2.20. The number of rotatable bonds is 6. The number of benzene rings is 2. The lowest BCUT2D eigenvalue weighted by atomic mass is 10.1. The molecule has 2 rings (SSSR count). The van der Waals surface area contributed by atoms with Crippen LogP contribution >= 0.6 is 0 Å². The lowest BCUT2D eigenvalue weighted by Crippen LogP contribution is -2.08. The minimum absolute atomic E-state index is 0.191. The normalized spacial score (nSPS) is 10.1. The zero-order valence-electron chi connectivity index (χ0n) is 13.7. The molecule has 0 aliphatic carbocycles. The maximum Gasteiger partial charge on any atom is 0.342 e. The second-order valence-electron chi connectivity index (χ2n) is 4.94. The average Bonchev–Trinajstić information content (AvgIpc) is 2.59. The van der Waals surface area contributed by atoms with Gasteiger partial charge in [-0.2, -0.15) is 0 Å². The molecule has 0 saturated carbocycles. The minimum Gasteiger partial charge on any atom is -0.493 e. The molecule has 5 heteroatoms. The van der Waals surface area contributed by atoms with Gasteiger partial charge in [-0.3, -0.25) is 0 Å². The predicted molar refractivity (Wildman–Crippen MR) is 86.4 cm³/mol. The van der Waals surface area contributed by atoms with Crippen LogP contribution < -0.4 is 14.2 Å². The summed E-state index contributed by atoms with van der Waals surface area (Å²) in [6.07, 6.45) is 0. The largest absolute Gasteiger partial charge is 0.493 e. The maximum atomic E-state index is 12.3. The van der Waals surface area contributed by atoms with Crippen molar-refractivity contribution in [2.24, 2.45) is 0 Å². The lowest BCUT2D eigenvalue weighted by Gasteiger charge is -2.15. The predicted octanol–water partition coefficient (Wildman–Crippen LogP) is 3.38. The number of aryl methyl sites for hydroxylation is 1. The molecule has 122 valence electrons. The van der Waals surface area contributed by atoms with Gasteiger partial charge in [0.1, 0.15) is 12.2 Å². The van der Waals surface area contributed by atoms with E-state index in [0.29, 0.717) is 17.2 Å². The highest BCUT2D eigenvalue weighted by Crippen LogP contribution is 2.40. The molecule has 0 radical (unpaired) electrons. The van der Waals surface area contributed by atoms with Crippen LogP contribution in [0.3, 0.4) is 0 Å². The summed E-state index contributed by atoms with van der Waals surface area (Å²) in [4.78, 5) is 12.3. The van der Waals surface area contributed by atoms with Crippen LogP contribution in [0.2, 0.25) is 0 Å². The van der Waals surface area contributed by atoms with Gasteiger partial charge in [-0.25, -0.2) is 4.79 Å². The number of methoxy groups -OCH3 is 3. The number of carbonyl (C=O) groups is 1. The fraction of sp³-hybridized carbons (Fsp3) is 0.278. The number of ether oxygens (including phenoxy) is 4. The van der Waals surface area contributed by atoms with Gasteiger partial charge in [-0.1, -0.05) is 29.8 Å². The third kappa shape index (κ3) is 3.74. The summed E-state index contributed by atoms with van der Waals surface area (Å²) in [6, 6.07) is 11.0. The Morgan fingerprint density at radius 3 is 2.09 bits per heavy atom. The molecule has 23 heavy (non-hydrogen) atoms. The van der Waals surface area contributed by atoms with Crippen molar-refractivity contribution >= 4 is 5.97 Å². The highest BCUT2D eigenvalue weighted by molar-refractivity contribution is 5.94. The van der Waals surface area contributed by atoms with E-state index < -0.39 is 5.97 Å². The maximum absolute atomic E-state index is 12.3. The Kier molecular flexibility index (Phi) is 5.46. The smallest absolute Gasteiger partial charge is 0.342 e. The van der Waals surface area contributed by atoms with E-state index in [4.69, 9.17) is 18.9 Å². The number of hydrogen-bond acceptors (Lipinski definition) is 5. The molecule has 5 nitrogen and oxygen atoms in total. The van der Waals surface area contributed by atoms with Crippen LogP contribution in [0.5, 0.6) is 17.2 Å². The van der Waals surface area contributed by atoms with Gasteiger partial charge in [-0.15, -0.1) is 0 Å². The van der Waals surface area contributed by atoms with E-state index in [1.54, 1.807) is 12.1 Å². The van der Waals surface area contributed by atoms with Crippen molar-refractivity contribution in [3.63, 3.8) is 0 Å². The molecule has 0 heterocycles. The van der Waals surface area contributed by atoms with Crippen molar-refractivity contribution in [1.29, 1.82) is 0 Å². The Labute approximate surface area is 135 Å². The second-order valence-corrected chi connectivity index (χ2v) is 4.94. The van der Waals surface area contributed by atoms with Gasteiger partial charge < -0.3 is 18.9 Å². The summed E-state index contributed by atoms with van der Waals surface area (Å²) >= 11 is 0. The van der Waals surface area contributed by atoms with E-state index in [9.17, 15) is 4.79 Å². The molecular formula is C18H20O5. The van der Waals surface area contributed by atoms with Crippen LogP contribution in [0, 0.1) is 6.92 Å². The van der Waals surface area contributed by atoms with Gasteiger partial charge in [0.05, 0.1) is 21.3 Å². The molecule has 0 N–H and O–H groups in total. The Bertz CT molecular complexity index is 677. The molecule has 0 aliphatic heterocycles. The van der Waals surface area contributed by atoms with E-state index >= 15 is 0 Å². The van der Waals surface area contributed by atoms with Crippen LogP contribution in [0.1, 0.15) is 21.5 Å². The van der Waals surface area contributed by atoms with Gasteiger partial charge >= 0.3 is 5.97 Å². The van der Waals surface area contributed by atoms with Gasteiger partial charge in [0.25, 0.3) is 0 Å². The molecule has 0 unspecified atom stereocenters. The van der Waals surface area contributed by atoms with Crippen LogP contribution in [-0.2, 0) is 11.3 Å². The van der Waals surface area contributed by atoms with Crippen LogP contribution in [0.4, 0.5) is 0 Å². The quantitative estimate of drug-likeness (QED) is 0.765. The van der Waals surface area contributed by atoms with E-state index in [1.807, 2.05) is 31.2 Å². The zero-order chi connectivity index (χ0) is 16.8. The molecule has 0 aliphatic rings. The first-order valence-corrected chi connectivity index (χ1v) is 7.12. The molecule has 0 amide bonds. The first kappa shape index (κ1) is 16.7. The van der Waals surface area contributed by atoms with Crippen molar-refractivity contribution < 1.29 is 23.7 Å². The second kappa shape index (κ2) is 7.54. The summed E-state index contributed by atoms with van der Waals surface area (Å²) in [7, 11) is 4.47. The SMILES string of the molecule is COc1ccc(C(=O)OCc2ccc(C)cc2)c(OC)c1OC. The number of hydrogen-bond donors (Lipinski definition) is 0. The van der Waals surface area contributed by atoms with Crippen LogP contribution in [-0.4, -0.2) is 27.3 Å². The Morgan fingerprint density at radius 1 is 0.870 bits per heavy atom. The molecule has 0 spiro atoms. The highest BCUT2D eigenvalue weighted by atomic mass is 16.5. The first-order chi connectivity index (χ1) is 11.1. The zero-order valence-corrected chi connectivity index (χ0v) is 13.7. The molecule has 0 saturated heterocycles. The molecule has 0 aromatic heterocycles. The first-order valence-electron chi connectivity index (χ1n) is 7.12. The van der Waals surface area contributed by atoms with Gasteiger partial charge in [0, 0.05) is 0 Å². The fourth-order valence-electron chi connectivity index (χ4n) is 2.17. The van der Waals surface area contributed by atoms with Gasteiger partial charge in [0.15, 0.2) is 11.5 Å². The van der Waals surface area contributed by atoms with E-state index in [1.165, 1.54) is 21.3 Å². The topological polar surface area (TPSA) is 54.0 Å². The molecule has 0 fully saturated rings. The average molecular weight is 316 g/mol.